The number of carbonyl (C=O) groups excluding carboxylic acids is 1. The molecule has 0 heterocycles. The lowest BCUT2D eigenvalue weighted by Gasteiger charge is -2.03. The van der Waals surface area contributed by atoms with Crippen molar-refractivity contribution in [1.29, 1.82) is 0 Å². The highest BCUT2D eigenvalue weighted by atomic mass is 16.5. The lowest BCUT2D eigenvalue weighted by atomic mass is 10.0. The topological polar surface area (TPSA) is 26.3 Å². The van der Waals surface area contributed by atoms with Gasteiger partial charge in [-0.3, -0.25) is 0 Å². The van der Waals surface area contributed by atoms with E-state index in [1.807, 2.05) is 19.9 Å². The van der Waals surface area contributed by atoms with Gasteiger partial charge in [-0.25, -0.2) is 4.79 Å². The molecule has 24 heavy (non-hydrogen) atoms. The first-order valence-electron chi connectivity index (χ1n) is 10.6. The van der Waals surface area contributed by atoms with E-state index in [9.17, 15) is 4.79 Å². The number of esters is 1. The van der Waals surface area contributed by atoms with Crippen LogP contribution in [0.25, 0.3) is 0 Å². The molecule has 0 aromatic heterocycles. The monoisotopic (exact) mass is 338 g/mol. The molecule has 0 aliphatic rings. The maximum absolute atomic E-state index is 11.4. The Morgan fingerprint density at radius 2 is 1.12 bits per heavy atom. The van der Waals surface area contributed by atoms with Gasteiger partial charge in [0.2, 0.25) is 0 Å². The van der Waals surface area contributed by atoms with Gasteiger partial charge in [0.05, 0.1) is 6.61 Å². The molecule has 2 nitrogen and oxygen atoms in total. The molecule has 0 aromatic carbocycles. The van der Waals surface area contributed by atoms with Gasteiger partial charge < -0.3 is 4.74 Å². The van der Waals surface area contributed by atoms with Crippen LogP contribution in [-0.4, -0.2) is 12.6 Å². The predicted octanol–water partition coefficient (Wildman–Crippen LogP) is 7.37. The van der Waals surface area contributed by atoms with E-state index in [4.69, 9.17) is 4.74 Å². The van der Waals surface area contributed by atoms with Crippen LogP contribution in [0.3, 0.4) is 0 Å². The standard InChI is InChI=1S/C22H42O2/c1-4-6-7-8-9-10-11-12-13-14-15-16-17-18-19-20-21(3)22(23)24-5-2/h20H,4-19H2,1-3H3. The van der Waals surface area contributed by atoms with Crippen LogP contribution in [0.15, 0.2) is 11.6 Å². The van der Waals surface area contributed by atoms with Crippen LogP contribution in [0.4, 0.5) is 0 Å². The van der Waals surface area contributed by atoms with E-state index in [0.29, 0.717) is 6.61 Å². The van der Waals surface area contributed by atoms with Crippen molar-refractivity contribution in [3.8, 4) is 0 Å². The van der Waals surface area contributed by atoms with Gasteiger partial charge in [-0.15, -0.1) is 0 Å². The average Bonchev–Trinajstić information content (AvgIpc) is 2.58. The third-order valence-electron chi connectivity index (χ3n) is 4.61. The largest absolute Gasteiger partial charge is 0.463 e. The van der Waals surface area contributed by atoms with Crippen molar-refractivity contribution < 1.29 is 9.53 Å². The number of hydrogen-bond acceptors (Lipinski definition) is 2. The quantitative estimate of drug-likeness (QED) is 0.157. The summed E-state index contributed by atoms with van der Waals surface area (Å²) < 4.78 is 4.97. The highest BCUT2D eigenvalue weighted by Gasteiger charge is 2.02. The molecule has 142 valence electrons. The summed E-state index contributed by atoms with van der Waals surface area (Å²) in [7, 11) is 0. The SMILES string of the molecule is CCCCCCCCCCCCCCCCC=C(C)C(=O)OCC. The molecule has 0 aliphatic heterocycles. The molecule has 0 saturated heterocycles. The number of ether oxygens (including phenoxy) is 1. The lowest BCUT2D eigenvalue weighted by Crippen LogP contribution is -2.04. The minimum absolute atomic E-state index is 0.164. The van der Waals surface area contributed by atoms with E-state index in [1.165, 1.54) is 89.9 Å². The van der Waals surface area contributed by atoms with Gasteiger partial charge in [-0.1, -0.05) is 96.5 Å². The van der Waals surface area contributed by atoms with E-state index < -0.39 is 0 Å². The zero-order valence-electron chi connectivity index (χ0n) is 16.7. The van der Waals surface area contributed by atoms with E-state index >= 15 is 0 Å². The van der Waals surface area contributed by atoms with Crippen LogP contribution in [-0.2, 0) is 9.53 Å². The van der Waals surface area contributed by atoms with E-state index in [2.05, 4.69) is 6.92 Å². The van der Waals surface area contributed by atoms with Crippen molar-refractivity contribution in [3.63, 3.8) is 0 Å². The summed E-state index contributed by atoms with van der Waals surface area (Å²) in [6.07, 6.45) is 22.4. The molecule has 0 amide bonds. The van der Waals surface area contributed by atoms with Crippen molar-refractivity contribution in [1.82, 2.24) is 0 Å². The molecule has 0 bridgehead atoms. The minimum Gasteiger partial charge on any atom is -0.463 e. The van der Waals surface area contributed by atoms with Crippen LogP contribution in [0, 0.1) is 0 Å². The van der Waals surface area contributed by atoms with Crippen LogP contribution in [0.5, 0.6) is 0 Å². The number of rotatable bonds is 17. The molecule has 0 aromatic rings. The van der Waals surface area contributed by atoms with Gasteiger partial charge in [0, 0.05) is 5.57 Å². The van der Waals surface area contributed by atoms with Crippen LogP contribution in [0.1, 0.15) is 117 Å². The van der Waals surface area contributed by atoms with Crippen molar-refractivity contribution in [3.05, 3.63) is 11.6 Å². The summed E-state index contributed by atoms with van der Waals surface area (Å²) >= 11 is 0. The van der Waals surface area contributed by atoms with Gasteiger partial charge in [-0.05, 0) is 26.7 Å². The molecule has 0 atom stereocenters. The highest BCUT2D eigenvalue weighted by molar-refractivity contribution is 5.87. The Morgan fingerprint density at radius 3 is 1.54 bits per heavy atom. The van der Waals surface area contributed by atoms with Gasteiger partial charge in [-0.2, -0.15) is 0 Å². The fraction of sp³-hybridized carbons (Fsp3) is 0.864. The first-order valence-corrected chi connectivity index (χ1v) is 10.6. The molecular weight excluding hydrogens is 296 g/mol. The van der Waals surface area contributed by atoms with Crippen molar-refractivity contribution in [2.45, 2.75) is 117 Å². The van der Waals surface area contributed by atoms with Crippen molar-refractivity contribution in [2.24, 2.45) is 0 Å². The van der Waals surface area contributed by atoms with Crippen molar-refractivity contribution >= 4 is 5.97 Å². The highest BCUT2D eigenvalue weighted by Crippen LogP contribution is 2.13. The number of carbonyl (C=O) groups is 1. The molecule has 0 unspecified atom stereocenters. The summed E-state index contributed by atoms with van der Waals surface area (Å²) in [5.74, 6) is -0.164. The second-order valence-corrected chi connectivity index (χ2v) is 6.99. The fourth-order valence-electron chi connectivity index (χ4n) is 2.99. The van der Waals surface area contributed by atoms with E-state index in [1.54, 1.807) is 0 Å². The Labute approximate surface area is 151 Å². The van der Waals surface area contributed by atoms with E-state index in [0.717, 1.165) is 12.0 Å². The molecule has 0 radical (unpaired) electrons. The van der Waals surface area contributed by atoms with Crippen molar-refractivity contribution in [2.75, 3.05) is 6.61 Å². The van der Waals surface area contributed by atoms with Gasteiger partial charge >= 0.3 is 5.97 Å². The normalized spacial score (nSPS) is 11.7. The Balaban J connectivity index is 3.23. The Kier molecular flexibility index (Phi) is 17.9. The zero-order chi connectivity index (χ0) is 17.9. The minimum atomic E-state index is -0.164. The molecule has 0 rings (SSSR count). The molecule has 2 heteroatoms. The third kappa shape index (κ3) is 16.1. The molecule has 0 spiro atoms. The van der Waals surface area contributed by atoms with E-state index in [-0.39, 0.29) is 5.97 Å². The Bertz CT molecular complexity index is 307. The summed E-state index contributed by atoms with van der Waals surface area (Å²) in [6, 6.07) is 0. The number of hydrogen-bond donors (Lipinski definition) is 0. The maximum atomic E-state index is 11.4. The summed E-state index contributed by atoms with van der Waals surface area (Å²) in [5, 5.41) is 0. The second kappa shape index (κ2) is 18.5. The first kappa shape index (κ1) is 23.2. The molecule has 0 aliphatic carbocycles. The van der Waals surface area contributed by atoms with Crippen LogP contribution >= 0.6 is 0 Å². The smallest absolute Gasteiger partial charge is 0.333 e. The van der Waals surface area contributed by atoms with Crippen LogP contribution in [0.2, 0.25) is 0 Å². The summed E-state index contributed by atoms with van der Waals surface area (Å²) in [4.78, 5) is 11.4. The molecular formula is C22H42O2. The lowest BCUT2D eigenvalue weighted by molar-refractivity contribution is -0.138. The maximum Gasteiger partial charge on any atom is 0.333 e. The molecule has 0 fully saturated rings. The Hall–Kier alpha value is -0.790. The zero-order valence-corrected chi connectivity index (χ0v) is 16.7. The van der Waals surface area contributed by atoms with Crippen LogP contribution < -0.4 is 0 Å². The molecule has 0 N–H and O–H groups in total. The predicted molar refractivity (Wildman–Crippen MR) is 105 cm³/mol. The molecule has 0 saturated carbocycles. The van der Waals surface area contributed by atoms with Gasteiger partial charge in [0.15, 0.2) is 0 Å². The van der Waals surface area contributed by atoms with Gasteiger partial charge in [0.25, 0.3) is 0 Å². The van der Waals surface area contributed by atoms with Gasteiger partial charge in [0.1, 0.15) is 0 Å². The summed E-state index contributed by atoms with van der Waals surface area (Å²) in [6.45, 7) is 6.44. The summed E-state index contributed by atoms with van der Waals surface area (Å²) in [5.41, 5.74) is 0.756. The number of unbranched alkanes of at least 4 members (excludes halogenated alkanes) is 14. The average molecular weight is 339 g/mol. The second-order valence-electron chi connectivity index (χ2n) is 6.99. The number of allylic oxidation sites excluding steroid dienone is 1. The first-order chi connectivity index (χ1) is 11.7. The third-order valence-corrected chi connectivity index (χ3v) is 4.61. The Morgan fingerprint density at radius 1 is 0.708 bits per heavy atom. The fourth-order valence-corrected chi connectivity index (χ4v) is 2.99.